The van der Waals surface area contributed by atoms with Gasteiger partial charge in [0, 0.05) is 22.3 Å². The zero-order valence-corrected chi connectivity index (χ0v) is 72.3. The van der Waals surface area contributed by atoms with Crippen LogP contribution in [0.2, 0.25) is 0 Å². The third-order valence-corrected chi connectivity index (χ3v) is 16.9. The molecule has 16 aromatic carbocycles. The van der Waals surface area contributed by atoms with Gasteiger partial charge in [-0.05, 0) is 115 Å². The van der Waals surface area contributed by atoms with Gasteiger partial charge in [-0.3, -0.25) is 10.8 Å². The van der Waals surface area contributed by atoms with E-state index >= 15 is 0 Å². The summed E-state index contributed by atoms with van der Waals surface area (Å²) in [5, 5.41) is 71.5. The Kier molecular flexibility index (Phi) is 45.1. The van der Waals surface area contributed by atoms with Gasteiger partial charge in [-0.15, -0.1) is 34.3 Å². The molecule has 0 spiro atoms. The molecule has 12 heteroatoms. The predicted octanol–water partition coefficient (Wildman–Crippen LogP) is 14.4. The number of rotatable bonds is 16. The second-order valence-corrected chi connectivity index (χ2v) is 24.8. The Morgan fingerprint density at radius 1 is 0.121 bits per heavy atom. The van der Waals surface area contributed by atoms with Crippen molar-refractivity contribution in [3.8, 4) is 0 Å². The third kappa shape index (κ3) is 32.4. The smallest absolute Gasteiger partial charge is 0.803 e. The van der Waals surface area contributed by atoms with Crippen LogP contribution in [0.25, 0.3) is 32.5 Å². The van der Waals surface area contributed by atoms with Gasteiger partial charge < -0.3 is 32.5 Å². The zero-order valence-electron chi connectivity index (χ0n) is 65.4. The second kappa shape index (κ2) is 55.0. The van der Waals surface area contributed by atoms with Gasteiger partial charge >= 0.3 is 105 Å². The Morgan fingerprint density at radius 2 is 0.181 bits per heavy atom. The van der Waals surface area contributed by atoms with Crippen LogP contribution in [-0.4, -0.2) is 91.8 Å². The molecule has 0 aromatic heterocycles. The second-order valence-electron chi connectivity index (χ2n) is 24.8. The number of hydrogen-bond donors (Lipinski definition) is 2. The van der Waals surface area contributed by atoms with Crippen molar-refractivity contribution in [1.82, 2.24) is 0 Å². The summed E-state index contributed by atoms with van der Waals surface area (Å²) < 4.78 is 0. The van der Waals surface area contributed by atoms with Crippen molar-refractivity contribution in [2.24, 2.45) is 0 Å². The molecular weight excluding hydrogens is 1460 g/mol. The van der Waals surface area contributed by atoms with Crippen molar-refractivity contribution >= 4 is 91.8 Å². The molecule has 0 unspecified atom stereocenters. The third-order valence-electron chi connectivity index (χ3n) is 16.9. The fourth-order valence-electron chi connectivity index (χ4n) is 11.0. The van der Waals surface area contributed by atoms with Crippen LogP contribution >= 0.6 is 0 Å². The minimum Gasteiger partial charge on any atom is -0.803 e. The summed E-state index contributed by atoms with van der Waals surface area (Å²) in [6.07, 6.45) is 0. The van der Waals surface area contributed by atoms with Crippen molar-refractivity contribution in [1.29, 1.82) is 0 Å². The van der Waals surface area contributed by atoms with E-state index in [-0.39, 0.29) is 105 Å². The summed E-state index contributed by atoms with van der Waals surface area (Å²) in [6.45, 7) is 0. The normalized spacial score (nSPS) is 9.38. The largest absolute Gasteiger partial charge is 2.00 e. The van der Waals surface area contributed by atoms with Gasteiger partial charge in [0.05, 0.1) is 0 Å². The van der Waals surface area contributed by atoms with E-state index in [1.54, 1.807) is 0 Å². The molecular formula is C104H84Mg2N8Na2+2. The molecule has 16 rings (SSSR count). The van der Waals surface area contributed by atoms with E-state index in [4.69, 9.17) is 10.8 Å². The summed E-state index contributed by atoms with van der Waals surface area (Å²) in [6, 6.07) is 154. The van der Waals surface area contributed by atoms with Crippen molar-refractivity contribution in [3.05, 3.63) is 607 Å². The molecule has 16 aromatic rings. The van der Waals surface area contributed by atoms with E-state index in [9.17, 15) is 32.5 Å². The number of nitrogens with zero attached hydrogens (tertiary/aromatic N) is 6. The topological polar surface area (TPSA) is 185 Å². The van der Waals surface area contributed by atoms with E-state index in [1.165, 1.54) is 0 Å². The van der Waals surface area contributed by atoms with E-state index in [0.717, 1.165) is 100 Å². The van der Waals surface area contributed by atoms with Crippen LogP contribution in [0.3, 0.4) is 0 Å². The monoisotopic (exact) mass is 1540 g/mol. The molecule has 0 aliphatic rings. The maximum absolute atomic E-state index is 9.91. The molecule has 4 N–H and O–H groups in total. The van der Waals surface area contributed by atoms with E-state index in [2.05, 4.69) is 0 Å². The van der Waals surface area contributed by atoms with Crippen molar-refractivity contribution < 1.29 is 69.9 Å². The molecule has 0 saturated heterocycles. The molecule has 8 nitrogen and oxygen atoms in total. The summed E-state index contributed by atoms with van der Waals surface area (Å²) in [5.41, 5.74) is 18.0. The van der Waals surface area contributed by atoms with Crippen molar-refractivity contribution in [3.63, 3.8) is 0 Å². The van der Waals surface area contributed by atoms with Crippen molar-refractivity contribution in [2.45, 2.75) is 0 Å². The van der Waals surface area contributed by atoms with Crippen molar-refractivity contribution in [2.75, 3.05) is 0 Å². The molecule has 0 atom stereocenters. The van der Waals surface area contributed by atoms with Gasteiger partial charge in [0.25, 0.3) is 0 Å². The van der Waals surface area contributed by atoms with Crippen LogP contribution in [0.1, 0.15) is 89.0 Å². The zero-order chi connectivity index (χ0) is 78.4. The summed E-state index contributed by atoms with van der Waals surface area (Å²) in [4.78, 5) is 0. The van der Waals surface area contributed by atoms with Crippen LogP contribution < -0.4 is 69.9 Å². The maximum atomic E-state index is 9.91. The van der Waals surface area contributed by atoms with Gasteiger partial charge in [-0.1, -0.05) is 437 Å². The first-order valence-electron chi connectivity index (χ1n) is 36.5. The fourth-order valence-corrected chi connectivity index (χ4v) is 11.0. The first-order chi connectivity index (χ1) is 55.0. The number of nitrogens with two attached hydrogens (primary N) is 2. The molecule has 0 bridgehead atoms. The Bertz CT molecular complexity index is 4080. The minimum absolute atomic E-state index is 0. The predicted molar refractivity (Wildman–Crippen MR) is 484 cm³/mol. The van der Waals surface area contributed by atoms with Crippen LogP contribution in [0, 0.1) is 0 Å². The average molecular weight is 1540 g/mol. The molecule has 0 fully saturated rings. The Labute approximate surface area is 760 Å². The molecule has 116 heavy (non-hydrogen) atoms. The van der Waals surface area contributed by atoms with Crippen LogP contribution in [0.15, 0.2) is 485 Å². The van der Waals surface area contributed by atoms with Crippen LogP contribution in [-0.2, 0) is 0 Å². The maximum Gasteiger partial charge on any atom is 2.00 e. The molecule has 0 saturated carbocycles. The first kappa shape index (κ1) is 95.0. The van der Waals surface area contributed by atoms with Crippen LogP contribution in [0.4, 0.5) is 0 Å². The first-order valence-corrected chi connectivity index (χ1v) is 36.5. The average Bonchev–Trinajstić information content (AvgIpc) is 0.919. The molecule has 0 amide bonds. The van der Waals surface area contributed by atoms with Crippen LogP contribution in [0.5, 0.6) is 0 Å². The molecule has 0 aliphatic carbocycles. The molecule has 544 valence electrons. The van der Waals surface area contributed by atoms with Gasteiger partial charge in [0.15, 0.2) is 0 Å². The molecule has 0 aliphatic heterocycles. The number of hydrogen-bond acceptors (Lipinski definition) is 0. The standard InChI is InChI=1S/2C13H11N.6C13H10N.2Mg.2Na/c8*14-13(11-7-3-1-4-8-11)12-9-5-2-6-10-12;;;;/h2*1-10,14H;6*1-10H;;;;/q;;6*-1;2*+2;2*+1/p+2. The summed E-state index contributed by atoms with van der Waals surface area (Å²) >= 11 is 0. The SMILES string of the molecule is [Mg+2].[Mg+2].[N-]=C(c1ccccc1)c1ccccc1.[N-]=C(c1ccccc1)c1ccccc1.[N-]=C(c1ccccc1)c1ccccc1.[N-]=C(c1ccccc1)c1ccccc1.[N-]=C(c1ccccc1)c1ccccc1.[N-]=C(c1ccccc1)c1ccccc1.[NH2+]=C(c1ccccc1)c1ccccc1.[NH2+]=C(c1ccccc1)c1ccccc1.[Na+].[Na+]. The van der Waals surface area contributed by atoms with E-state index < -0.39 is 0 Å². The van der Waals surface area contributed by atoms with Gasteiger partial charge in [-0.25, -0.2) is 0 Å². The molecule has 0 heterocycles. The van der Waals surface area contributed by atoms with Gasteiger partial charge in [-0.2, -0.15) is 0 Å². The summed E-state index contributed by atoms with van der Waals surface area (Å²) in [5.74, 6) is 0. The Hall–Kier alpha value is -11.6. The van der Waals surface area contributed by atoms with E-state index in [0.29, 0.717) is 34.3 Å². The fraction of sp³-hybridized carbons (Fsp3) is 0. The quantitative estimate of drug-likeness (QED) is 0.0690. The molecule has 0 radical (unpaired) electrons. The van der Waals surface area contributed by atoms with E-state index in [1.807, 2.05) is 485 Å². The Balaban J connectivity index is 0.000000235. The Morgan fingerprint density at radius 3 is 0.250 bits per heavy atom. The number of benzene rings is 16. The summed E-state index contributed by atoms with van der Waals surface area (Å²) in [7, 11) is 0. The van der Waals surface area contributed by atoms with Gasteiger partial charge in [0.2, 0.25) is 11.4 Å². The minimum atomic E-state index is 0. The van der Waals surface area contributed by atoms with Gasteiger partial charge in [0.1, 0.15) is 0 Å².